The molecule has 0 aliphatic heterocycles. The molecule has 0 atom stereocenters. The fourth-order valence-corrected chi connectivity index (χ4v) is 3.54. The number of carbonyl (C=O) groups is 1. The molecule has 160 valence electrons. The standard InChI is InChI=1S/C23H19ClFIN2O3/c1-2-30-21-12-16(13-27-28-23(29)17-5-7-18(24)8-6-17)11-20(26)22(21)31-14-15-3-9-19(25)10-4-15/h3-13H,2,14H2,1H3,(H,28,29)/b27-13-. The van der Waals surface area contributed by atoms with Crippen LogP contribution in [-0.4, -0.2) is 18.7 Å². The first kappa shape index (κ1) is 23.0. The maximum atomic E-state index is 13.1. The largest absolute Gasteiger partial charge is 0.490 e. The molecular weight excluding hydrogens is 534 g/mol. The predicted molar refractivity (Wildman–Crippen MR) is 128 cm³/mol. The lowest BCUT2D eigenvalue weighted by atomic mass is 10.2. The van der Waals surface area contributed by atoms with Crippen molar-refractivity contribution >= 4 is 46.3 Å². The van der Waals surface area contributed by atoms with E-state index in [1.54, 1.807) is 42.5 Å². The second-order valence-electron chi connectivity index (χ2n) is 6.38. The smallest absolute Gasteiger partial charge is 0.271 e. The third-order valence-corrected chi connectivity index (χ3v) is 5.17. The van der Waals surface area contributed by atoms with E-state index in [1.807, 2.05) is 13.0 Å². The Labute approximate surface area is 198 Å². The number of nitrogens with zero attached hydrogens (tertiary/aromatic N) is 1. The zero-order valence-electron chi connectivity index (χ0n) is 16.6. The number of nitrogens with one attached hydrogen (secondary N) is 1. The van der Waals surface area contributed by atoms with E-state index in [4.69, 9.17) is 21.1 Å². The number of rotatable bonds is 8. The van der Waals surface area contributed by atoms with Crippen molar-refractivity contribution in [3.05, 3.63) is 91.8 Å². The normalized spacial score (nSPS) is 10.8. The molecule has 0 fully saturated rings. The number of benzene rings is 3. The highest BCUT2D eigenvalue weighted by molar-refractivity contribution is 14.1. The van der Waals surface area contributed by atoms with Gasteiger partial charge in [0.1, 0.15) is 12.4 Å². The summed E-state index contributed by atoms with van der Waals surface area (Å²) < 4.78 is 25.6. The lowest BCUT2D eigenvalue weighted by Crippen LogP contribution is -2.17. The molecule has 3 rings (SSSR count). The van der Waals surface area contributed by atoms with E-state index in [1.165, 1.54) is 18.3 Å². The predicted octanol–water partition coefficient (Wildman–Crippen LogP) is 5.83. The van der Waals surface area contributed by atoms with Gasteiger partial charge >= 0.3 is 0 Å². The van der Waals surface area contributed by atoms with Crippen molar-refractivity contribution in [2.24, 2.45) is 5.10 Å². The van der Waals surface area contributed by atoms with Gasteiger partial charge in [-0.2, -0.15) is 5.10 Å². The first-order valence-electron chi connectivity index (χ1n) is 9.39. The van der Waals surface area contributed by atoms with Crippen LogP contribution in [0.4, 0.5) is 4.39 Å². The van der Waals surface area contributed by atoms with E-state index in [9.17, 15) is 9.18 Å². The van der Waals surface area contributed by atoms with Gasteiger partial charge in [0.05, 0.1) is 16.4 Å². The molecule has 0 radical (unpaired) electrons. The van der Waals surface area contributed by atoms with Gasteiger partial charge in [-0.3, -0.25) is 4.79 Å². The molecule has 0 heterocycles. The average molecular weight is 553 g/mol. The van der Waals surface area contributed by atoms with Crippen LogP contribution in [0, 0.1) is 9.39 Å². The Bertz CT molecular complexity index is 1070. The van der Waals surface area contributed by atoms with Crippen molar-refractivity contribution in [1.82, 2.24) is 5.43 Å². The van der Waals surface area contributed by atoms with Gasteiger partial charge in [0.15, 0.2) is 11.5 Å². The van der Waals surface area contributed by atoms with E-state index in [0.29, 0.717) is 28.7 Å². The zero-order valence-corrected chi connectivity index (χ0v) is 19.5. The molecule has 0 saturated heterocycles. The van der Waals surface area contributed by atoms with E-state index in [0.717, 1.165) is 14.7 Å². The number of halogens is 3. The number of carbonyl (C=O) groups excluding carboxylic acids is 1. The summed E-state index contributed by atoms with van der Waals surface area (Å²) in [5.41, 5.74) is 4.52. The molecule has 0 saturated carbocycles. The fraction of sp³-hybridized carbons (Fsp3) is 0.130. The van der Waals surface area contributed by atoms with Gasteiger partial charge in [0.2, 0.25) is 0 Å². The Morgan fingerprint density at radius 1 is 1.13 bits per heavy atom. The number of ether oxygens (including phenoxy) is 2. The second kappa shape index (κ2) is 11.1. The van der Waals surface area contributed by atoms with Gasteiger partial charge < -0.3 is 9.47 Å². The zero-order chi connectivity index (χ0) is 22.2. The average Bonchev–Trinajstić information content (AvgIpc) is 2.75. The van der Waals surface area contributed by atoms with Gasteiger partial charge in [-0.25, -0.2) is 9.82 Å². The van der Waals surface area contributed by atoms with Crippen LogP contribution in [0.1, 0.15) is 28.4 Å². The lowest BCUT2D eigenvalue weighted by molar-refractivity contribution is 0.0955. The summed E-state index contributed by atoms with van der Waals surface area (Å²) in [7, 11) is 0. The van der Waals surface area contributed by atoms with Crippen molar-refractivity contribution in [2.45, 2.75) is 13.5 Å². The summed E-state index contributed by atoms with van der Waals surface area (Å²) in [6, 6.07) is 16.3. The van der Waals surface area contributed by atoms with Crippen molar-refractivity contribution in [1.29, 1.82) is 0 Å². The molecule has 8 heteroatoms. The second-order valence-corrected chi connectivity index (χ2v) is 7.98. The van der Waals surface area contributed by atoms with Crippen LogP contribution in [0.15, 0.2) is 65.8 Å². The van der Waals surface area contributed by atoms with E-state index in [-0.39, 0.29) is 18.3 Å². The summed E-state index contributed by atoms with van der Waals surface area (Å²) >= 11 is 7.98. The molecule has 0 aliphatic rings. The van der Waals surface area contributed by atoms with Crippen molar-refractivity contribution < 1.29 is 18.7 Å². The van der Waals surface area contributed by atoms with Gasteiger partial charge in [0, 0.05) is 10.6 Å². The van der Waals surface area contributed by atoms with E-state index >= 15 is 0 Å². The number of hydrogen-bond donors (Lipinski definition) is 1. The first-order chi connectivity index (χ1) is 15.0. The summed E-state index contributed by atoms with van der Waals surface area (Å²) in [4.78, 5) is 12.1. The quantitative estimate of drug-likeness (QED) is 0.218. The van der Waals surface area contributed by atoms with E-state index in [2.05, 4.69) is 33.1 Å². The number of hydrogen-bond acceptors (Lipinski definition) is 4. The number of amides is 1. The highest BCUT2D eigenvalue weighted by atomic mass is 127. The molecule has 0 bridgehead atoms. The Balaban J connectivity index is 1.71. The summed E-state index contributed by atoms with van der Waals surface area (Å²) in [5, 5.41) is 4.58. The van der Waals surface area contributed by atoms with Crippen molar-refractivity contribution in [2.75, 3.05) is 6.61 Å². The third kappa shape index (κ3) is 6.67. The maximum absolute atomic E-state index is 13.1. The minimum absolute atomic E-state index is 0.279. The molecule has 0 unspecified atom stereocenters. The Hall–Kier alpha value is -2.65. The first-order valence-corrected chi connectivity index (χ1v) is 10.8. The summed E-state index contributed by atoms with van der Waals surface area (Å²) in [6.07, 6.45) is 1.53. The Morgan fingerprint density at radius 3 is 2.52 bits per heavy atom. The molecule has 0 aliphatic carbocycles. The van der Waals surface area contributed by atoms with E-state index < -0.39 is 0 Å². The molecule has 1 N–H and O–H groups in total. The third-order valence-electron chi connectivity index (χ3n) is 4.11. The van der Waals surface area contributed by atoms with Crippen LogP contribution in [0.2, 0.25) is 5.02 Å². The van der Waals surface area contributed by atoms with Crippen molar-refractivity contribution in [3.63, 3.8) is 0 Å². The fourth-order valence-electron chi connectivity index (χ4n) is 2.63. The van der Waals surface area contributed by atoms with Crippen molar-refractivity contribution in [3.8, 4) is 11.5 Å². The highest BCUT2D eigenvalue weighted by Crippen LogP contribution is 2.34. The van der Waals surface area contributed by atoms with Gasteiger partial charge in [0.25, 0.3) is 5.91 Å². The molecular formula is C23H19ClFIN2O3. The molecule has 0 spiro atoms. The van der Waals surface area contributed by atoms with Crippen LogP contribution >= 0.6 is 34.2 Å². The van der Waals surface area contributed by atoms with Gasteiger partial charge in [-0.1, -0.05) is 23.7 Å². The minimum atomic E-state index is -0.341. The molecule has 1 amide bonds. The maximum Gasteiger partial charge on any atom is 0.271 e. The topological polar surface area (TPSA) is 59.9 Å². The monoisotopic (exact) mass is 552 g/mol. The molecule has 3 aromatic carbocycles. The minimum Gasteiger partial charge on any atom is -0.490 e. The van der Waals surface area contributed by atoms with Crippen LogP contribution in [0.25, 0.3) is 0 Å². The lowest BCUT2D eigenvalue weighted by Gasteiger charge is -2.14. The summed E-state index contributed by atoms with van der Waals surface area (Å²) in [6.45, 7) is 2.61. The van der Waals surface area contributed by atoms with Gasteiger partial charge in [-0.05, 0) is 89.2 Å². The Morgan fingerprint density at radius 2 is 1.84 bits per heavy atom. The van der Waals surface area contributed by atoms with Gasteiger partial charge in [-0.15, -0.1) is 0 Å². The molecule has 5 nitrogen and oxygen atoms in total. The van der Waals surface area contributed by atoms with Crippen LogP contribution in [0.3, 0.4) is 0 Å². The van der Waals surface area contributed by atoms with Crippen LogP contribution in [-0.2, 0) is 6.61 Å². The summed E-state index contributed by atoms with van der Waals surface area (Å²) in [5.74, 6) is 0.517. The molecule has 0 aromatic heterocycles. The SMILES string of the molecule is CCOc1cc(/C=N\NC(=O)c2ccc(Cl)cc2)cc(I)c1OCc1ccc(F)cc1. The Kier molecular flexibility index (Phi) is 8.25. The van der Waals surface area contributed by atoms with Crippen LogP contribution in [0.5, 0.6) is 11.5 Å². The number of hydrazone groups is 1. The molecule has 31 heavy (non-hydrogen) atoms. The molecule has 3 aromatic rings. The van der Waals surface area contributed by atoms with Crippen LogP contribution < -0.4 is 14.9 Å². The highest BCUT2D eigenvalue weighted by Gasteiger charge is 2.12.